The molecule has 3 rings (SSSR count). The van der Waals surface area contributed by atoms with E-state index in [0.29, 0.717) is 0 Å². The van der Waals surface area contributed by atoms with Crippen LogP contribution in [-0.4, -0.2) is 18.3 Å². The highest BCUT2D eigenvalue weighted by atomic mass is 32.1. The van der Waals surface area contributed by atoms with Gasteiger partial charge < -0.3 is 4.74 Å². The minimum absolute atomic E-state index is 0.792. The van der Waals surface area contributed by atoms with Crippen LogP contribution in [0.15, 0.2) is 46.9 Å². The molecule has 0 aliphatic carbocycles. The van der Waals surface area contributed by atoms with Crippen molar-refractivity contribution in [1.82, 2.24) is 4.98 Å². The van der Waals surface area contributed by atoms with Gasteiger partial charge in [-0.3, -0.25) is 5.43 Å². The molecule has 112 valence electrons. The lowest BCUT2D eigenvalue weighted by Crippen LogP contribution is -1.91. The van der Waals surface area contributed by atoms with Crippen LogP contribution in [0.25, 0.3) is 10.6 Å². The molecule has 0 radical (unpaired) electrons. The minimum atomic E-state index is 0.792. The normalized spacial score (nSPS) is 11.0. The minimum Gasteiger partial charge on any atom is -0.497 e. The first kappa shape index (κ1) is 14.7. The summed E-state index contributed by atoms with van der Waals surface area (Å²) in [7, 11) is 1.65. The van der Waals surface area contributed by atoms with Crippen molar-refractivity contribution < 1.29 is 4.74 Å². The quantitative estimate of drug-likeness (QED) is 0.548. The monoisotopic (exact) mass is 329 g/mol. The number of aryl methyl sites for hydroxylation is 1. The van der Waals surface area contributed by atoms with E-state index < -0.39 is 0 Å². The van der Waals surface area contributed by atoms with E-state index in [0.717, 1.165) is 22.1 Å². The van der Waals surface area contributed by atoms with Gasteiger partial charge in [0.15, 0.2) is 0 Å². The van der Waals surface area contributed by atoms with Gasteiger partial charge >= 0.3 is 0 Å². The number of thiazole rings is 1. The van der Waals surface area contributed by atoms with E-state index in [1.54, 1.807) is 36.0 Å². The van der Waals surface area contributed by atoms with Crippen LogP contribution in [0.1, 0.15) is 10.4 Å². The predicted molar refractivity (Wildman–Crippen MR) is 94.4 cm³/mol. The number of benzene rings is 1. The van der Waals surface area contributed by atoms with E-state index in [4.69, 9.17) is 4.74 Å². The average molecular weight is 329 g/mol. The molecule has 2 aromatic heterocycles. The van der Waals surface area contributed by atoms with Gasteiger partial charge in [-0.25, -0.2) is 4.98 Å². The zero-order valence-electron chi connectivity index (χ0n) is 12.2. The van der Waals surface area contributed by atoms with E-state index in [2.05, 4.69) is 33.9 Å². The Balaban J connectivity index is 1.71. The fraction of sp³-hybridized carbons (Fsp3) is 0.125. The van der Waals surface area contributed by atoms with Crippen molar-refractivity contribution in [1.29, 1.82) is 0 Å². The molecule has 3 aromatic rings. The van der Waals surface area contributed by atoms with Crippen molar-refractivity contribution in [2.75, 3.05) is 12.5 Å². The number of hydrazone groups is 1. The number of ether oxygens (including phenoxy) is 1. The highest BCUT2D eigenvalue weighted by Crippen LogP contribution is 2.32. The first-order valence-corrected chi connectivity index (χ1v) is 8.40. The zero-order chi connectivity index (χ0) is 15.4. The predicted octanol–water partition coefficient (Wildman–Crippen LogP) is 4.63. The van der Waals surface area contributed by atoms with Crippen molar-refractivity contribution in [2.45, 2.75) is 6.92 Å². The third kappa shape index (κ3) is 3.35. The molecule has 0 saturated carbocycles. The second kappa shape index (κ2) is 6.72. The SMILES string of the molecule is COc1cccc(/C=N\Nc2nc(-c3cccs3)c(C)s2)c1. The molecule has 0 fully saturated rings. The van der Waals surface area contributed by atoms with E-state index in [-0.39, 0.29) is 0 Å². The van der Waals surface area contributed by atoms with Gasteiger partial charge in [0.2, 0.25) is 5.13 Å². The summed E-state index contributed by atoms with van der Waals surface area (Å²) in [5, 5.41) is 7.09. The van der Waals surface area contributed by atoms with Gasteiger partial charge in [0.25, 0.3) is 0 Å². The Kier molecular flexibility index (Phi) is 4.50. The number of nitrogens with one attached hydrogen (secondary N) is 1. The topological polar surface area (TPSA) is 46.5 Å². The second-order valence-corrected chi connectivity index (χ2v) is 6.70. The van der Waals surface area contributed by atoms with Gasteiger partial charge in [-0.1, -0.05) is 18.2 Å². The molecule has 1 N–H and O–H groups in total. The van der Waals surface area contributed by atoms with Gasteiger partial charge in [-0.05, 0) is 36.1 Å². The summed E-state index contributed by atoms with van der Waals surface area (Å²) in [6.07, 6.45) is 1.75. The van der Waals surface area contributed by atoms with Crippen molar-refractivity contribution in [3.8, 4) is 16.3 Å². The summed E-state index contributed by atoms with van der Waals surface area (Å²) >= 11 is 3.29. The fourth-order valence-corrected chi connectivity index (χ4v) is 3.58. The zero-order valence-corrected chi connectivity index (χ0v) is 13.9. The van der Waals surface area contributed by atoms with Crippen molar-refractivity contribution in [3.05, 3.63) is 52.2 Å². The molecule has 0 aliphatic rings. The first-order valence-electron chi connectivity index (χ1n) is 6.70. The Bertz CT molecular complexity index is 779. The number of aromatic nitrogens is 1. The lowest BCUT2D eigenvalue weighted by Gasteiger charge is -1.99. The van der Waals surface area contributed by atoms with E-state index >= 15 is 0 Å². The molecule has 0 aliphatic heterocycles. The molecule has 2 heterocycles. The number of hydrogen-bond acceptors (Lipinski definition) is 6. The molecule has 0 bridgehead atoms. The van der Waals surface area contributed by atoms with Crippen LogP contribution < -0.4 is 10.2 Å². The van der Waals surface area contributed by atoms with Gasteiger partial charge in [-0.15, -0.1) is 22.7 Å². The number of nitrogens with zero attached hydrogens (tertiary/aromatic N) is 2. The summed E-state index contributed by atoms with van der Waals surface area (Å²) in [4.78, 5) is 6.96. The lowest BCUT2D eigenvalue weighted by atomic mass is 10.2. The van der Waals surface area contributed by atoms with Gasteiger partial charge in [0.05, 0.1) is 23.9 Å². The van der Waals surface area contributed by atoms with E-state index in [1.165, 1.54) is 9.75 Å². The highest BCUT2D eigenvalue weighted by Gasteiger charge is 2.09. The van der Waals surface area contributed by atoms with Crippen molar-refractivity contribution in [3.63, 3.8) is 0 Å². The maximum absolute atomic E-state index is 5.19. The molecular formula is C16H15N3OS2. The van der Waals surface area contributed by atoms with Gasteiger partial charge in [-0.2, -0.15) is 5.10 Å². The van der Waals surface area contributed by atoms with Gasteiger partial charge in [0, 0.05) is 4.88 Å². The maximum Gasteiger partial charge on any atom is 0.204 e. The largest absolute Gasteiger partial charge is 0.497 e. The van der Waals surface area contributed by atoms with Crippen LogP contribution >= 0.6 is 22.7 Å². The molecule has 0 unspecified atom stereocenters. The Labute approximate surface area is 137 Å². The Morgan fingerprint density at radius 1 is 1.27 bits per heavy atom. The van der Waals surface area contributed by atoms with Gasteiger partial charge in [0.1, 0.15) is 5.75 Å². The number of thiophene rings is 1. The first-order chi connectivity index (χ1) is 10.8. The Hall–Kier alpha value is -2.18. The van der Waals surface area contributed by atoms with Crippen molar-refractivity contribution in [2.24, 2.45) is 5.10 Å². The summed E-state index contributed by atoms with van der Waals surface area (Å²) < 4.78 is 5.19. The maximum atomic E-state index is 5.19. The van der Waals surface area contributed by atoms with E-state index in [1.807, 2.05) is 30.3 Å². The Morgan fingerprint density at radius 3 is 2.95 bits per heavy atom. The molecule has 0 saturated heterocycles. The molecule has 6 heteroatoms. The third-order valence-corrected chi connectivity index (χ3v) is 4.77. The summed E-state index contributed by atoms with van der Waals surface area (Å²) in [5.74, 6) is 0.814. The summed E-state index contributed by atoms with van der Waals surface area (Å²) in [6.45, 7) is 2.07. The van der Waals surface area contributed by atoms with Crippen LogP contribution in [0.5, 0.6) is 5.75 Å². The van der Waals surface area contributed by atoms with Crippen molar-refractivity contribution >= 4 is 34.0 Å². The van der Waals surface area contributed by atoms with Crippen LogP contribution in [0, 0.1) is 6.92 Å². The standard InChI is InChI=1S/C16H15N3OS2/c1-11-15(14-7-4-8-21-14)18-16(22-11)19-17-10-12-5-3-6-13(9-12)20-2/h3-10H,1-2H3,(H,18,19)/b17-10-. The fourth-order valence-electron chi connectivity index (χ4n) is 1.97. The average Bonchev–Trinajstić information content (AvgIpc) is 3.17. The smallest absolute Gasteiger partial charge is 0.204 e. The molecule has 0 atom stereocenters. The summed E-state index contributed by atoms with van der Waals surface area (Å²) in [6, 6.07) is 11.8. The number of anilines is 1. The Morgan fingerprint density at radius 2 is 2.18 bits per heavy atom. The summed E-state index contributed by atoms with van der Waals surface area (Å²) in [5.41, 5.74) is 4.99. The van der Waals surface area contributed by atoms with Crippen LogP contribution in [0.3, 0.4) is 0 Å². The highest BCUT2D eigenvalue weighted by molar-refractivity contribution is 7.17. The van der Waals surface area contributed by atoms with Crippen LogP contribution in [0.4, 0.5) is 5.13 Å². The molecule has 1 aromatic carbocycles. The van der Waals surface area contributed by atoms with Crippen LogP contribution in [0.2, 0.25) is 0 Å². The second-order valence-electron chi connectivity index (χ2n) is 4.55. The molecule has 22 heavy (non-hydrogen) atoms. The molecule has 0 spiro atoms. The van der Waals surface area contributed by atoms with Crippen LogP contribution in [-0.2, 0) is 0 Å². The number of methoxy groups -OCH3 is 1. The number of hydrogen-bond donors (Lipinski definition) is 1. The third-order valence-electron chi connectivity index (χ3n) is 3.02. The molecular weight excluding hydrogens is 314 g/mol. The molecule has 4 nitrogen and oxygen atoms in total. The number of rotatable bonds is 5. The molecule has 0 amide bonds. The van der Waals surface area contributed by atoms with E-state index in [9.17, 15) is 0 Å². The lowest BCUT2D eigenvalue weighted by molar-refractivity contribution is 0.415.